The summed E-state index contributed by atoms with van der Waals surface area (Å²) in [6.07, 6.45) is 4.50. The van der Waals surface area contributed by atoms with Crippen LogP contribution in [0.2, 0.25) is 0 Å². The van der Waals surface area contributed by atoms with Gasteiger partial charge in [0.1, 0.15) is 6.33 Å². The van der Waals surface area contributed by atoms with E-state index in [-0.39, 0.29) is 5.82 Å². The Hall–Kier alpha value is -0.840. The fraction of sp³-hybridized carbons (Fsp3) is 0.636. The van der Waals surface area contributed by atoms with E-state index in [2.05, 4.69) is 15.3 Å². The van der Waals surface area contributed by atoms with Crippen molar-refractivity contribution in [2.45, 2.75) is 31.4 Å². The molecule has 1 aromatic heterocycles. The Morgan fingerprint density at radius 2 is 2.44 bits per heavy atom. The van der Waals surface area contributed by atoms with E-state index in [1.807, 2.05) is 18.7 Å². The molecule has 0 amide bonds. The Bertz CT molecular complexity index is 353. The van der Waals surface area contributed by atoms with E-state index in [0.717, 1.165) is 6.54 Å². The summed E-state index contributed by atoms with van der Waals surface area (Å²) in [5, 5.41) is 3.68. The summed E-state index contributed by atoms with van der Waals surface area (Å²) in [6.45, 7) is 2.68. The second-order valence-corrected chi connectivity index (χ2v) is 5.26. The fourth-order valence-electron chi connectivity index (χ4n) is 1.79. The lowest BCUT2D eigenvalue weighted by molar-refractivity contribution is 0.596. The van der Waals surface area contributed by atoms with Gasteiger partial charge < -0.3 is 5.32 Å². The maximum absolute atomic E-state index is 13.8. The molecule has 2 heterocycles. The van der Waals surface area contributed by atoms with Gasteiger partial charge in [-0.1, -0.05) is 6.92 Å². The first kappa shape index (κ1) is 11.6. The van der Waals surface area contributed by atoms with Crippen LogP contribution in [0, 0.1) is 5.82 Å². The van der Waals surface area contributed by atoms with Gasteiger partial charge in [-0.2, -0.15) is 11.8 Å². The quantitative estimate of drug-likeness (QED) is 0.879. The fourth-order valence-corrected chi connectivity index (χ4v) is 2.99. The number of hydrogen-bond donors (Lipinski definition) is 1. The first-order valence-corrected chi connectivity index (χ1v) is 6.71. The molecule has 88 valence electrons. The second kappa shape index (κ2) is 5.48. The van der Waals surface area contributed by atoms with Crippen LogP contribution in [-0.2, 0) is 6.42 Å². The molecule has 0 spiro atoms. The summed E-state index contributed by atoms with van der Waals surface area (Å²) in [7, 11) is 0. The number of aryl methyl sites for hydroxylation is 1. The molecule has 0 saturated carbocycles. The minimum absolute atomic E-state index is 0.298. The molecular weight excluding hydrogens is 225 g/mol. The van der Waals surface area contributed by atoms with Crippen LogP contribution in [0.5, 0.6) is 0 Å². The van der Waals surface area contributed by atoms with Gasteiger partial charge in [0.25, 0.3) is 0 Å². The average Bonchev–Trinajstić information content (AvgIpc) is 2.81. The first-order valence-electron chi connectivity index (χ1n) is 5.66. The van der Waals surface area contributed by atoms with Crippen molar-refractivity contribution in [2.75, 3.05) is 17.6 Å². The zero-order valence-electron chi connectivity index (χ0n) is 9.37. The molecule has 0 aromatic carbocycles. The monoisotopic (exact) mass is 241 g/mol. The Balaban J connectivity index is 1.97. The van der Waals surface area contributed by atoms with Crippen LogP contribution in [0.15, 0.2) is 6.33 Å². The van der Waals surface area contributed by atoms with Gasteiger partial charge in [-0.15, -0.1) is 0 Å². The first-order chi connectivity index (χ1) is 7.81. The Labute approximate surface area is 99.3 Å². The molecule has 1 saturated heterocycles. The number of hydrogen-bond acceptors (Lipinski definition) is 4. The second-order valence-electron chi connectivity index (χ2n) is 3.85. The van der Waals surface area contributed by atoms with Crippen LogP contribution in [0.25, 0.3) is 0 Å². The lowest BCUT2D eigenvalue weighted by Crippen LogP contribution is -2.16. The number of thioether (sulfide) groups is 1. The van der Waals surface area contributed by atoms with Crippen LogP contribution < -0.4 is 5.32 Å². The third-order valence-electron chi connectivity index (χ3n) is 2.72. The zero-order valence-corrected chi connectivity index (χ0v) is 10.2. The third-order valence-corrected chi connectivity index (χ3v) is 4.12. The largest absolute Gasteiger partial charge is 0.366 e. The summed E-state index contributed by atoms with van der Waals surface area (Å²) < 4.78 is 13.8. The predicted octanol–water partition coefficient (Wildman–Crippen LogP) is 2.49. The summed E-state index contributed by atoms with van der Waals surface area (Å²) in [5.74, 6) is 1.27. The molecule has 1 aromatic rings. The smallest absolute Gasteiger partial charge is 0.186 e. The highest BCUT2D eigenvalue weighted by atomic mass is 32.2. The summed E-state index contributed by atoms with van der Waals surface area (Å²) >= 11 is 1.95. The standard InChI is InChI=1S/C11H16FN3S/c1-2-9-10(12)11(15-7-14-9)13-6-8-4-3-5-16-8/h7-8H,2-6H2,1H3,(H,13,14,15). The summed E-state index contributed by atoms with van der Waals surface area (Å²) in [4.78, 5) is 7.85. The van der Waals surface area contributed by atoms with Gasteiger partial charge in [0.05, 0.1) is 5.69 Å². The van der Waals surface area contributed by atoms with Crippen LogP contribution >= 0.6 is 11.8 Å². The van der Waals surface area contributed by atoms with Crippen LogP contribution in [-0.4, -0.2) is 27.5 Å². The van der Waals surface area contributed by atoms with Gasteiger partial charge >= 0.3 is 0 Å². The number of nitrogens with zero attached hydrogens (tertiary/aromatic N) is 2. The van der Waals surface area contributed by atoms with Crippen molar-refractivity contribution in [3.63, 3.8) is 0 Å². The summed E-state index contributed by atoms with van der Waals surface area (Å²) in [6, 6.07) is 0. The minimum Gasteiger partial charge on any atom is -0.366 e. The van der Waals surface area contributed by atoms with Crippen molar-refractivity contribution in [3.8, 4) is 0 Å². The maximum Gasteiger partial charge on any atom is 0.186 e. The molecule has 1 unspecified atom stereocenters. The lowest BCUT2D eigenvalue weighted by atomic mass is 10.2. The van der Waals surface area contributed by atoms with E-state index in [4.69, 9.17) is 0 Å². The molecule has 5 heteroatoms. The molecule has 1 N–H and O–H groups in total. The maximum atomic E-state index is 13.8. The molecule has 1 fully saturated rings. The molecule has 1 aliphatic heterocycles. The van der Waals surface area contributed by atoms with Gasteiger partial charge in [-0.05, 0) is 25.0 Å². The summed E-state index contributed by atoms with van der Waals surface area (Å²) in [5.41, 5.74) is 0.483. The highest BCUT2D eigenvalue weighted by Gasteiger charge is 2.16. The molecule has 0 bridgehead atoms. The van der Waals surface area contributed by atoms with Crippen LogP contribution in [0.4, 0.5) is 10.2 Å². The van der Waals surface area contributed by atoms with Gasteiger partial charge in [0, 0.05) is 11.8 Å². The number of nitrogens with one attached hydrogen (secondary N) is 1. The minimum atomic E-state index is -0.298. The average molecular weight is 241 g/mol. The SMILES string of the molecule is CCc1ncnc(NCC2CCCS2)c1F. The lowest BCUT2D eigenvalue weighted by Gasteiger charge is -2.11. The van der Waals surface area contributed by atoms with Gasteiger partial charge in [-0.3, -0.25) is 0 Å². The van der Waals surface area contributed by atoms with Crippen LogP contribution in [0.1, 0.15) is 25.5 Å². The number of halogens is 1. The van der Waals surface area contributed by atoms with E-state index in [1.54, 1.807) is 0 Å². The topological polar surface area (TPSA) is 37.8 Å². The van der Waals surface area contributed by atoms with Crippen LogP contribution in [0.3, 0.4) is 0 Å². The number of rotatable bonds is 4. The molecule has 0 radical (unpaired) electrons. The van der Waals surface area contributed by atoms with Crippen molar-refractivity contribution in [1.82, 2.24) is 9.97 Å². The van der Waals surface area contributed by atoms with Gasteiger partial charge in [-0.25, -0.2) is 14.4 Å². The van der Waals surface area contributed by atoms with E-state index in [1.165, 1.54) is 24.9 Å². The van der Waals surface area contributed by atoms with Crippen molar-refractivity contribution < 1.29 is 4.39 Å². The highest BCUT2D eigenvalue weighted by molar-refractivity contribution is 8.00. The number of anilines is 1. The predicted molar refractivity (Wildman–Crippen MR) is 65.3 cm³/mol. The Morgan fingerprint density at radius 3 is 3.12 bits per heavy atom. The normalized spacial score (nSPS) is 20.0. The molecular formula is C11H16FN3S. The highest BCUT2D eigenvalue weighted by Crippen LogP contribution is 2.26. The van der Waals surface area contributed by atoms with Crippen molar-refractivity contribution in [2.24, 2.45) is 0 Å². The van der Waals surface area contributed by atoms with Gasteiger partial charge in [0.15, 0.2) is 11.6 Å². The Kier molecular flexibility index (Phi) is 3.98. The van der Waals surface area contributed by atoms with Crippen molar-refractivity contribution in [1.29, 1.82) is 0 Å². The van der Waals surface area contributed by atoms with Gasteiger partial charge in [0.2, 0.25) is 0 Å². The van der Waals surface area contributed by atoms with E-state index in [0.29, 0.717) is 23.2 Å². The van der Waals surface area contributed by atoms with E-state index >= 15 is 0 Å². The van der Waals surface area contributed by atoms with Crippen molar-refractivity contribution in [3.05, 3.63) is 17.8 Å². The van der Waals surface area contributed by atoms with E-state index < -0.39 is 0 Å². The van der Waals surface area contributed by atoms with Crippen molar-refractivity contribution >= 4 is 17.6 Å². The Morgan fingerprint density at radius 1 is 1.56 bits per heavy atom. The molecule has 1 aliphatic rings. The molecule has 16 heavy (non-hydrogen) atoms. The number of aromatic nitrogens is 2. The molecule has 3 nitrogen and oxygen atoms in total. The molecule has 0 aliphatic carbocycles. The zero-order chi connectivity index (χ0) is 11.4. The third kappa shape index (κ3) is 2.64. The molecule has 1 atom stereocenters. The van der Waals surface area contributed by atoms with E-state index in [9.17, 15) is 4.39 Å². The molecule has 2 rings (SSSR count).